The van der Waals surface area contributed by atoms with Gasteiger partial charge in [0, 0.05) is 31.5 Å². The topological polar surface area (TPSA) is 73.6 Å². The van der Waals surface area contributed by atoms with E-state index in [9.17, 15) is 14.0 Å². The smallest absolute Gasteiger partial charge is 0.259 e. The highest BCUT2D eigenvalue weighted by Gasteiger charge is 2.62. The molecule has 0 aromatic heterocycles. The molecule has 1 atom stereocenters. The minimum Gasteiger partial charge on any atom is -0.369 e. The third-order valence-electron chi connectivity index (χ3n) is 5.84. The largest absolute Gasteiger partial charge is 0.369 e. The number of amides is 2. The van der Waals surface area contributed by atoms with Crippen molar-refractivity contribution in [3.8, 4) is 6.07 Å². The Morgan fingerprint density at radius 3 is 2.59 bits per heavy atom. The van der Waals surface area contributed by atoms with Crippen molar-refractivity contribution >= 4 is 17.5 Å². The first kappa shape index (κ1) is 19.1. The second-order valence-electron chi connectivity index (χ2n) is 7.36. The van der Waals surface area contributed by atoms with E-state index < -0.39 is 17.5 Å². The molecule has 2 aromatic rings. The first-order valence-corrected chi connectivity index (χ1v) is 9.42. The van der Waals surface area contributed by atoms with Crippen LogP contribution in [0, 0.1) is 17.1 Å². The summed E-state index contributed by atoms with van der Waals surface area (Å²) in [4.78, 5) is 28.8. The lowest BCUT2D eigenvalue weighted by Crippen LogP contribution is -2.78. The lowest BCUT2D eigenvalue weighted by Gasteiger charge is -2.59. The highest BCUT2D eigenvalue weighted by atomic mass is 19.1. The molecule has 4 rings (SSSR count). The van der Waals surface area contributed by atoms with E-state index >= 15 is 0 Å². The molecule has 6 nitrogen and oxygen atoms in total. The third kappa shape index (κ3) is 3.06. The summed E-state index contributed by atoms with van der Waals surface area (Å²) in [6.07, 6.45) is 0.444. The van der Waals surface area contributed by atoms with Crippen molar-refractivity contribution in [3.63, 3.8) is 0 Å². The molecule has 1 spiro atoms. The van der Waals surface area contributed by atoms with Crippen molar-refractivity contribution in [3.05, 3.63) is 65.5 Å². The maximum Gasteiger partial charge on any atom is 0.259 e. The lowest BCUT2D eigenvalue weighted by atomic mass is 9.72. The van der Waals surface area contributed by atoms with Crippen LogP contribution in [0.5, 0.6) is 0 Å². The van der Waals surface area contributed by atoms with Gasteiger partial charge in [-0.25, -0.2) is 4.39 Å². The van der Waals surface area contributed by atoms with E-state index in [4.69, 9.17) is 10.00 Å². The van der Waals surface area contributed by atoms with Crippen LogP contribution in [0.25, 0.3) is 0 Å². The first-order chi connectivity index (χ1) is 14.0. The fourth-order valence-corrected chi connectivity index (χ4v) is 4.42. The molecule has 1 unspecified atom stereocenters. The molecule has 29 heavy (non-hydrogen) atoms. The van der Waals surface area contributed by atoms with Crippen LogP contribution in [0.3, 0.4) is 0 Å². The summed E-state index contributed by atoms with van der Waals surface area (Å²) >= 11 is 0. The number of nitriles is 1. The number of piperidine rings is 1. The number of benzene rings is 2. The third-order valence-corrected chi connectivity index (χ3v) is 5.84. The Bertz CT molecular complexity index is 1010. The summed E-state index contributed by atoms with van der Waals surface area (Å²) in [5.74, 6) is -0.746. The van der Waals surface area contributed by atoms with Gasteiger partial charge in [-0.15, -0.1) is 0 Å². The number of β-lactam (4-membered cyclic amide) rings is 1. The van der Waals surface area contributed by atoms with Crippen LogP contribution >= 0.6 is 0 Å². The summed E-state index contributed by atoms with van der Waals surface area (Å²) in [7, 11) is 1.50. The van der Waals surface area contributed by atoms with Gasteiger partial charge in [-0.1, -0.05) is 12.1 Å². The Morgan fingerprint density at radius 2 is 1.93 bits per heavy atom. The molecule has 2 saturated heterocycles. The Morgan fingerprint density at radius 1 is 1.21 bits per heavy atom. The van der Waals surface area contributed by atoms with Crippen molar-refractivity contribution in [2.45, 2.75) is 24.5 Å². The van der Waals surface area contributed by atoms with Crippen molar-refractivity contribution in [1.29, 1.82) is 5.26 Å². The zero-order valence-electron chi connectivity index (χ0n) is 16.0. The van der Waals surface area contributed by atoms with Gasteiger partial charge in [-0.3, -0.25) is 9.59 Å². The Kier molecular flexibility index (Phi) is 4.81. The number of halogens is 1. The van der Waals surface area contributed by atoms with Gasteiger partial charge in [0.1, 0.15) is 5.82 Å². The summed E-state index contributed by atoms with van der Waals surface area (Å²) in [5, 5.41) is 9.05. The van der Waals surface area contributed by atoms with Crippen LogP contribution in [0.15, 0.2) is 48.5 Å². The molecule has 0 saturated carbocycles. The van der Waals surface area contributed by atoms with Gasteiger partial charge in [-0.2, -0.15) is 5.26 Å². The van der Waals surface area contributed by atoms with Crippen LogP contribution < -0.4 is 4.90 Å². The summed E-state index contributed by atoms with van der Waals surface area (Å²) < 4.78 is 19.2. The lowest BCUT2D eigenvalue weighted by molar-refractivity contribution is -0.150. The molecule has 7 heteroatoms. The Labute approximate surface area is 168 Å². The summed E-state index contributed by atoms with van der Waals surface area (Å²) in [5.41, 5.74) is 0.815. The maximum absolute atomic E-state index is 13.7. The molecule has 2 aliphatic rings. The SMILES string of the molecule is COC1C(=O)N(c2cccc(F)c2)C12CCN(C(=O)c1cccc(C#N)c1)CC2. The number of carbonyl (C=O) groups excluding carboxylic acids is 2. The number of methoxy groups -OCH3 is 1. The van der Waals surface area contributed by atoms with Crippen LogP contribution in [0.4, 0.5) is 10.1 Å². The predicted octanol–water partition coefficient (Wildman–Crippen LogP) is 2.73. The minimum atomic E-state index is -0.607. The number of hydrogen-bond acceptors (Lipinski definition) is 4. The first-order valence-electron chi connectivity index (χ1n) is 9.42. The second kappa shape index (κ2) is 7.30. The molecule has 148 valence electrons. The average molecular weight is 393 g/mol. The molecule has 0 aliphatic carbocycles. The van der Waals surface area contributed by atoms with E-state index in [1.807, 2.05) is 6.07 Å². The van der Waals surface area contributed by atoms with Crippen LogP contribution in [0.2, 0.25) is 0 Å². The van der Waals surface area contributed by atoms with Gasteiger partial charge in [0.15, 0.2) is 6.10 Å². The Hall–Kier alpha value is -3.24. The number of carbonyl (C=O) groups is 2. The monoisotopic (exact) mass is 393 g/mol. The van der Waals surface area contributed by atoms with Crippen molar-refractivity contribution in [2.24, 2.45) is 0 Å². The van der Waals surface area contributed by atoms with Gasteiger partial charge in [0.2, 0.25) is 0 Å². The molecule has 0 N–H and O–H groups in total. The van der Waals surface area contributed by atoms with Gasteiger partial charge in [0.05, 0.1) is 17.2 Å². The van der Waals surface area contributed by atoms with Gasteiger partial charge < -0.3 is 14.5 Å². The van der Waals surface area contributed by atoms with Crippen molar-refractivity contribution in [1.82, 2.24) is 4.90 Å². The fraction of sp³-hybridized carbons (Fsp3) is 0.318. The predicted molar refractivity (Wildman–Crippen MR) is 104 cm³/mol. The molecule has 2 fully saturated rings. The number of rotatable bonds is 3. The highest BCUT2D eigenvalue weighted by Crippen LogP contribution is 2.45. The van der Waals surface area contributed by atoms with E-state index in [0.29, 0.717) is 42.7 Å². The minimum absolute atomic E-state index is 0.145. The molecular weight excluding hydrogens is 373 g/mol. The van der Waals surface area contributed by atoms with Crippen molar-refractivity contribution < 1.29 is 18.7 Å². The average Bonchev–Trinajstić information content (AvgIpc) is 2.74. The number of hydrogen-bond donors (Lipinski definition) is 0. The second-order valence-corrected chi connectivity index (χ2v) is 7.36. The number of ether oxygens (including phenoxy) is 1. The van der Waals surface area contributed by atoms with Gasteiger partial charge in [-0.05, 0) is 49.2 Å². The quantitative estimate of drug-likeness (QED) is 0.752. The number of nitrogens with zero attached hydrogens (tertiary/aromatic N) is 3. The standard InChI is InChI=1S/C22H20FN3O3/c1-29-19-21(28)26(18-7-3-6-17(23)13-18)22(19)8-10-25(11-9-22)20(27)16-5-2-4-15(12-16)14-24/h2-7,12-13,19H,8-11H2,1H3. The molecule has 0 bridgehead atoms. The zero-order chi connectivity index (χ0) is 20.6. The summed E-state index contributed by atoms with van der Waals surface area (Å²) in [6.45, 7) is 0.878. The Balaban J connectivity index is 1.55. The molecule has 0 radical (unpaired) electrons. The van der Waals surface area contributed by atoms with E-state index in [0.717, 1.165) is 0 Å². The zero-order valence-corrected chi connectivity index (χ0v) is 16.0. The summed E-state index contributed by atoms with van der Waals surface area (Å²) in [6, 6.07) is 14.6. The van der Waals surface area contributed by atoms with Crippen LogP contribution in [0.1, 0.15) is 28.8 Å². The number of likely N-dealkylation sites (tertiary alicyclic amines) is 1. The van der Waals surface area contributed by atoms with Crippen LogP contribution in [-0.4, -0.2) is 48.6 Å². The van der Waals surface area contributed by atoms with E-state index in [1.165, 1.54) is 19.2 Å². The van der Waals surface area contributed by atoms with Crippen LogP contribution in [-0.2, 0) is 9.53 Å². The van der Waals surface area contributed by atoms with Crippen molar-refractivity contribution in [2.75, 3.05) is 25.1 Å². The molecular formula is C22H20FN3O3. The highest BCUT2D eigenvalue weighted by molar-refractivity contribution is 6.07. The van der Waals surface area contributed by atoms with E-state index in [2.05, 4.69) is 0 Å². The fourth-order valence-electron chi connectivity index (χ4n) is 4.42. The normalized spacial score (nSPS) is 20.3. The molecule has 2 heterocycles. The maximum atomic E-state index is 13.7. The molecule has 2 amide bonds. The van der Waals surface area contributed by atoms with Gasteiger partial charge in [0.25, 0.3) is 11.8 Å². The van der Waals surface area contributed by atoms with Gasteiger partial charge >= 0.3 is 0 Å². The molecule has 2 aromatic carbocycles. The van der Waals surface area contributed by atoms with E-state index in [-0.39, 0.29) is 11.8 Å². The number of anilines is 1. The molecule has 2 aliphatic heterocycles. The van der Waals surface area contributed by atoms with E-state index in [1.54, 1.807) is 46.2 Å².